The van der Waals surface area contributed by atoms with Crippen molar-refractivity contribution in [1.29, 1.82) is 0 Å². The summed E-state index contributed by atoms with van der Waals surface area (Å²) in [4.78, 5) is 13.2. The lowest BCUT2D eigenvalue weighted by Gasteiger charge is -2.40. The number of aliphatic hydroxyl groups excluding tert-OH is 1. The van der Waals surface area contributed by atoms with Gasteiger partial charge < -0.3 is 20.5 Å². The number of anilines is 1. The first kappa shape index (κ1) is 15.1. The molecular weight excluding hydrogens is 282 g/mol. The van der Waals surface area contributed by atoms with Gasteiger partial charge in [0, 0.05) is 18.8 Å². The molecule has 2 aromatic heterocycles. The summed E-state index contributed by atoms with van der Waals surface area (Å²) in [6.45, 7) is 5.54. The van der Waals surface area contributed by atoms with Crippen molar-refractivity contribution < 1.29 is 9.84 Å². The van der Waals surface area contributed by atoms with Crippen LogP contribution in [0, 0.1) is 6.92 Å². The SMILES string of the molecule is Cc1nc2cccnc2nc1NC[C@]1(CO)COC[C@@H](C)N1. The van der Waals surface area contributed by atoms with E-state index < -0.39 is 5.54 Å². The molecule has 7 nitrogen and oxygen atoms in total. The predicted molar refractivity (Wildman–Crippen MR) is 83.8 cm³/mol. The van der Waals surface area contributed by atoms with E-state index in [0.717, 1.165) is 11.2 Å². The molecule has 0 bridgehead atoms. The van der Waals surface area contributed by atoms with E-state index >= 15 is 0 Å². The van der Waals surface area contributed by atoms with Crippen molar-refractivity contribution in [3.8, 4) is 0 Å². The predicted octanol–water partition coefficient (Wildman–Crippen LogP) is 0.485. The van der Waals surface area contributed by atoms with E-state index in [4.69, 9.17) is 4.74 Å². The Hall–Kier alpha value is -1.83. The Balaban J connectivity index is 1.79. The minimum atomic E-state index is -0.509. The summed E-state index contributed by atoms with van der Waals surface area (Å²) in [7, 11) is 0. The Morgan fingerprint density at radius 2 is 2.36 bits per heavy atom. The Morgan fingerprint density at radius 3 is 3.14 bits per heavy atom. The zero-order chi connectivity index (χ0) is 15.6. The molecule has 3 rings (SSSR count). The van der Waals surface area contributed by atoms with E-state index in [2.05, 4.69) is 25.6 Å². The van der Waals surface area contributed by atoms with E-state index in [1.54, 1.807) is 6.20 Å². The molecule has 0 saturated carbocycles. The number of nitrogens with zero attached hydrogens (tertiary/aromatic N) is 3. The van der Waals surface area contributed by atoms with Crippen LogP contribution >= 0.6 is 0 Å². The van der Waals surface area contributed by atoms with Gasteiger partial charge in [-0.25, -0.2) is 15.0 Å². The molecule has 0 spiro atoms. The molecule has 0 aromatic carbocycles. The number of aliphatic hydroxyl groups is 1. The van der Waals surface area contributed by atoms with E-state index in [9.17, 15) is 5.11 Å². The fourth-order valence-electron chi connectivity index (χ4n) is 2.69. The van der Waals surface area contributed by atoms with Gasteiger partial charge in [0.1, 0.15) is 11.3 Å². The average Bonchev–Trinajstić information content (AvgIpc) is 2.53. The number of hydrogen-bond donors (Lipinski definition) is 3. The zero-order valence-electron chi connectivity index (χ0n) is 12.8. The van der Waals surface area contributed by atoms with Crippen molar-refractivity contribution in [2.75, 3.05) is 31.7 Å². The molecular formula is C15H21N5O2. The minimum Gasteiger partial charge on any atom is -0.394 e. The first-order valence-corrected chi connectivity index (χ1v) is 7.41. The van der Waals surface area contributed by atoms with Gasteiger partial charge >= 0.3 is 0 Å². The van der Waals surface area contributed by atoms with Gasteiger partial charge in [-0.1, -0.05) is 0 Å². The first-order chi connectivity index (χ1) is 10.6. The van der Waals surface area contributed by atoms with Crippen molar-refractivity contribution in [3.05, 3.63) is 24.0 Å². The summed E-state index contributed by atoms with van der Waals surface area (Å²) in [5.41, 5.74) is 1.67. The van der Waals surface area contributed by atoms with Gasteiger partial charge in [0.2, 0.25) is 0 Å². The maximum Gasteiger partial charge on any atom is 0.180 e. The Morgan fingerprint density at radius 1 is 1.50 bits per heavy atom. The molecule has 22 heavy (non-hydrogen) atoms. The Kier molecular flexibility index (Phi) is 4.19. The Labute approximate surface area is 129 Å². The molecule has 1 aliphatic heterocycles. The normalized spacial score (nSPS) is 25.3. The molecule has 118 valence electrons. The number of hydrogen-bond acceptors (Lipinski definition) is 7. The third-order valence-corrected chi connectivity index (χ3v) is 3.81. The molecule has 3 heterocycles. The van der Waals surface area contributed by atoms with Crippen molar-refractivity contribution >= 4 is 17.0 Å². The van der Waals surface area contributed by atoms with E-state index in [1.807, 2.05) is 26.0 Å². The van der Waals surface area contributed by atoms with E-state index in [1.165, 1.54) is 0 Å². The van der Waals surface area contributed by atoms with Gasteiger partial charge in [0.25, 0.3) is 0 Å². The topological polar surface area (TPSA) is 92.2 Å². The third kappa shape index (κ3) is 3.01. The molecule has 3 N–H and O–H groups in total. The van der Waals surface area contributed by atoms with Crippen LogP contribution in [0.4, 0.5) is 5.82 Å². The monoisotopic (exact) mass is 303 g/mol. The highest BCUT2D eigenvalue weighted by Crippen LogP contribution is 2.17. The Bertz CT molecular complexity index is 665. The third-order valence-electron chi connectivity index (χ3n) is 3.81. The summed E-state index contributed by atoms with van der Waals surface area (Å²) in [5, 5.41) is 16.4. The molecule has 2 aromatic rings. The van der Waals surface area contributed by atoms with Crippen LogP contribution in [-0.4, -0.2) is 58.0 Å². The largest absolute Gasteiger partial charge is 0.394 e. The van der Waals surface area contributed by atoms with Gasteiger partial charge in [-0.15, -0.1) is 0 Å². The number of ether oxygens (including phenoxy) is 1. The second-order valence-electron chi connectivity index (χ2n) is 5.86. The number of aryl methyl sites for hydroxylation is 1. The quantitative estimate of drug-likeness (QED) is 0.757. The molecule has 0 radical (unpaired) electrons. The highest BCUT2D eigenvalue weighted by atomic mass is 16.5. The molecule has 1 saturated heterocycles. The standard InChI is InChI=1S/C15H21N5O2/c1-10-6-22-9-15(8-21,20-10)7-17-13-11(2)18-12-4-3-5-16-14(12)19-13/h3-5,10,20-21H,6-9H2,1-2H3,(H,16,17,19)/t10-,15+/m1/s1. The second kappa shape index (κ2) is 6.12. The number of pyridine rings is 1. The van der Waals surface area contributed by atoms with E-state index in [-0.39, 0.29) is 12.6 Å². The minimum absolute atomic E-state index is 0.0113. The molecule has 0 amide bonds. The number of nitrogens with one attached hydrogen (secondary N) is 2. The second-order valence-corrected chi connectivity index (χ2v) is 5.86. The van der Waals surface area contributed by atoms with Crippen LogP contribution in [0.1, 0.15) is 12.6 Å². The zero-order valence-corrected chi connectivity index (χ0v) is 12.8. The lowest BCUT2D eigenvalue weighted by atomic mass is 9.99. The summed E-state index contributed by atoms with van der Waals surface area (Å²) in [5.74, 6) is 0.680. The van der Waals surface area contributed by atoms with Gasteiger partial charge in [-0.2, -0.15) is 0 Å². The molecule has 1 fully saturated rings. The van der Waals surface area contributed by atoms with Crippen LogP contribution in [0.5, 0.6) is 0 Å². The van der Waals surface area contributed by atoms with Crippen LogP contribution < -0.4 is 10.6 Å². The highest BCUT2D eigenvalue weighted by molar-refractivity contribution is 5.71. The van der Waals surface area contributed by atoms with Crippen molar-refractivity contribution in [2.45, 2.75) is 25.4 Å². The van der Waals surface area contributed by atoms with E-state index in [0.29, 0.717) is 31.2 Å². The highest BCUT2D eigenvalue weighted by Gasteiger charge is 2.34. The number of rotatable bonds is 4. The number of morpholine rings is 1. The summed E-state index contributed by atoms with van der Waals surface area (Å²) >= 11 is 0. The maximum atomic E-state index is 9.75. The number of aromatic nitrogens is 3. The van der Waals surface area contributed by atoms with Gasteiger partial charge in [0.05, 0.1) is 31.1 Å². The van der Waals surface area contributed by atoms with Crippen molar-refractivity contribution in [3.63, 3.8) is 0 Å². The molecule has 1 aliphatic rings. The van der Waals surface area contributed by atoms with Crippen LogP contribution in [-0.2, 0) is 4.74 Å². The number of fused-ring (bicyclic) bond motifs is 1. The maximum absolute atomic E-state index is 9.75. The van der Waals surface area contributed by atoms with Crippen LogP contribution in [0.15, 0.2) is 18.3 Å². The van der Waals surface area contributed by atoms with Crippen molar-refractivity contribution in [2.24, 2.45) is 0 Å². The van der Waals surface area contributed by atoms with Crippen molar-refractivity contribution in [1.82, 2.24) is 20.3 Å². The van der Waals surface area contributed by atoms with Gasteiger partial charge in [-0.3, -0.25) is 0 Å². The smallest absolute Gasteiger partial charge is 0.180 e. The fourth-order valence-corrected chi connectivity index (χ4v) is 2.69. The van der Waals surface area contributed by atoms with Crippen LogP contribution in [0.2, 0.25) is 0 Å². The van der Waals surface area contributed by atoms with Crippen LogP contribution in [0.3, 0.4) is 0 Å². The molecule has 2 atom stereocenters. The lowest BCUT2D eigenvalue weighted by molar-refractivity contribution is -0.0158. The lowest BCUT2D eigenvalue weighted by Crippen LogP contribution is -2.63. The summed E-state index contributed by atoms with van der Waals surface area (Å²) < 4.78 is 5.57. The fraction of sp³-hybridized carbons (Fsp3) is 0.533. The summed E-state index contributed by atoms with van der Waals surface area (Å²) in [6, 6.07) is 3.93. The van der Waals surface area contributed by atoms with Gasteiger partial charge in [-0.05, 0) is 26.0 Å². The molecule has 0 unspecified atom stereocenters. The molecule has 7 heteroatoms. The van der Waals surface area contributed by atoms with Crippen LogP contribution in [0.25, 0.3) is 11.2 Å². The first-order valence-electron chi connectivity index (χ1n) is 7.41. The average molecular weight is 303 g/mol. The molecule has 0 aliphatic carbocycles. The van der Waals surface area contributed by atoms with Gasteiger partial charge in [0.15, 0.2) is 5.65 Å². The summed E-state index contributed by atoms with van der Waals surface area (Å²) in [6.07, 6.45) is 1.70.